The number of hydrogen-bond acceptors (Lipinski definition) is 5. The molecule has 0 aliphatic heterocycles. The van der Waals surface area contributed by atoms with E-state index < -0.39 is 0 Å². The van der Waals surface area contributed by atoms with Crippen LogP contribution in [0.4, 0.5) is 0 Å². The van der Waals surface area contributed by atoms with Gasteiger partial charge in [-0.1, -0.05) is 118 Å². The molecule has 0 saturated heterocycles. The van der Waals surface area contributed by atoms with E-state index in [1.807, 2.05) is 78.9 Å². The maximum absolute atomic E-state index is 7.09. The third kappa shape index (κ3) is 6.00. The molecular weight excluding hydrogens is 750 g/mol. The average molecular weight is 766 g/mol. The Morgan fingerprint density at radius 3 is 1.61 bits per heavy atom. The molecule has 10 rings (SSSR count). The molecule has 61 heavy (non-hydrogen) atoms. The van der Waals surface area contributed by atoms with Gasteiger partial charge in [0.15, 0.2) is 17.5 Å². The highest BCUT2D eigenvalue weighted by atomic mass is 32.1. The highest BCUT2D eigenvalue weighted by molar-refractivity contribution is 7.26. The quantitative estimate of drug-likeness (QED) is 0.216. The molecule has 7 aromatic carbocycles. The zero-order chi connectivity index (χ0) is 42.6. The van der Waals surface area contributed by atoms with E-state index in [4.69, 9.17) is 106 Å². The predicted octanol–water partition coefficient (Wildman–Crippen LogP) is -0.794. The molecule has 0 bridgehead atoms. The standard InChI is InChI=1S/C45H16B11N3OS/c46-29-24(26-30(47)35(52)38(55)36(53)31(26)48)25-27-32(49)33(50)28(34(51)41(27)60-40(25)39(56)37(29)54)45-58-43(19-15-13-18(14-16-19)17-7-2-1-3-8-17)57-44(59-45)22-11-6-10-21-20-9-4-5-12-23(20)61-42(21)22/h1-16H. The topological polar surface area (TPSA) is 51.8 Å². The van der Waals surface area contributed by atoms with Gasteiger partial charge in [-0.2, -0.15) is 0 Å². The van der Waals surface area contributed by atoms with Gasteiger partial charge in [-0.15, -0.1) is 33.2 Å². The fourth-order valence-electron chi connectivity index (χ4n) is 8.09. The molecule has 22 radical (unpaired) electrons. The third-order valence-electron chi connectivity index (χ3n) is 11.3. The van der Waals surface area contributed by atoms with E-state index in [-0.39, 0.29) is 105 Å². The van der Waals surface area contributed by atoms with Gasteiger partial charge in [0.1, 0.15) is 97.5 Å². The first-order valence-electron chi connectivity index (χ1n) is 18.9. The molecule has 0 spiro atoms. The first-order valence-corrected chi connectivity index (χ1v) is 19.7. The summed E-state index contributed by atoms with van der Waals surface area (Å²) >= 11 is 1.65. The normalized spacial score (nSPS) is 11.7. The molecule has 0 N–H and O–H groups in total. The molecular formula is C45H16B11N3OS. The molecule has 0 saturated carbocycles. The minimum absolute atomic E-state index is 0.00237. The molecule has 3 aromatic heterocycles. The van der Waals surface area contributed by atoms with Crippen LogP contribution in [0.5, 0.6) is 0 Å². The van der Waals surface area contributed by atoms with Crippen LogP contribution in [0.2, 0.25) is 0 Å². The molecule has 3 heterocycles. The van der Waals surface area contributed by atoms with E-state index in [0.717, 1.165) is 42.4 Å². The minimum Gasteiger partial charge on any atom is -0.457 e. The van der Waals surface area contributed by atoms with Crippen LogP contribution < -0.4 is 60.1 Å². The SMILES string of the molecule is [B]c1c([B])c([B])c(-c2c([B])c([B])c([B])c3oc4c([B])c(-c5nc(-c6ccc(-c7ccccc7)cc6)nc(-c6cccc7c6sc6ccccc67)n5)c([B])c([B])c4c23)c([B])c1[B]. The Morgan fingerprint density at radius 1 is 0.361 bits per heavy atom. The van der Waals surface area contributed by atoms with Crippen LogP contribution in [0.3, 0.4) is 0 Å². The molecule has 16 heteroatoms. The lowest BCUT2D eigenvalue weighted by atomic mass is 9.58. The summed E-state index contributed by atoms with van der Waals surface area (Å²) in [5.74, 6) is 0.911. The van der Waals surface area contributed by atoms with Gasteiger partial charge in [0.2, 0.25) is 0 Å². The summed E-state index contributed by atoms with van der Waals surface area (Å²) in [5, 5.41) is 2.73. The van der Waals surface area contributed by atoms with Crippen LogP contribution in [0.1, 0.15) is 0 Å². The van der Waals surface area contributed by atoms with Crippen LogP contribution in [-0.4, -0.2) is 101 Å². The number of furan rings is 1. The van der Waals surface area contributed by atoms with Crippen molar-refractivity contribution in [3.05, 3.63) is 97.1 Å². The summed E-state index contributed by atoms with van der Waals surface area (Å²) in [6, 6.07) is 32.3. The maximum Gasteiger partial charge on any atom is 0.165 e. The van der Waals surface area contributed by atoms with Crippen molar-refractivity contribution >= 4 is 200 Å². The van der Waals surface area contributed by atoms with Gasteiger partial charge >= 0.3 is 0 Å². The Kier molecular flexibility index (Phi) is 9.52. The molecule has 0 aliphatic carbocycles. The van der Waals surface area contributed by atoms with E-state index in [1.165, 1.54) is 0 Å². The number of rotatable bonds is 5. The molecule has 0 atom stereocenters. The number of benzene rings is 7. The zero-order valence-corrected chi connectivity index (χ0v) is 33.1. The van der Waals surface area contributed by atoms with E-state index in [0.29, 0.717) is 11.6 Å². The first-order chi connectivity index (χ1) is 29.3. The first kappa shape index (κ1) is 39.4. The molecule has 4 nitrogen and oxygen atoms in total. The van der Waals surface area contributed by atoms with Crippen LogP contribution >= 0.6 is 11.3 Å². The van der Waals surface area contributed by atoms with Gasteiger partial charge in [0.25, 0.3) is 0 Å². The molecule has 0 fully saturated rings. The summed E-state index contributed by atoms with van der Waals surface area (Å²) in [6.45, 7) is 0. The van der Waals surface area contributed by atoms with Crippen molar-refractivity contribution in [1.82, 2.24) is 15.0 Å². The van der Waals surface area contributed by atoms with Crippen LogP contribution in [0.25, 0.3) is 98.5 Å². The Hall–Kier alpha value is -5.72. The monoisotopic (exact) mass is 767 g/mol. The second-order valence-electron chi connectivity index (χ2n) is 14.7. The third-order valence-corrected chi connectivity index (χ3v) is 12.5. The van der Waals surface area contributed by atoms with Crippen LogP contribution in [0, 0.1) is 0 Å². The van der Waals surface area contributed by atoms with Gasteiger partial charge < -0.3 is 4.42 Å². The van der Waals surface area contributed by atoms with E-state index >= 15 is 0 Å². The van der Waals surface area contributed by atoms with E-state index in [1.54, 1.807) is 11.3 Å². The van der Waals surface area contributed by atoms with E-state index in [9.17, 15) is 0 Å². The largest absolute Gasteiger partial charge is 0.457 e. The van der Waals surface area contributed by atoms with Crippen molar-refractivity contribution in [2.24, 2.45) is 0 Å². The number of fused-ring (bicyclic) bond motifs is 6. The van der Waals surface area contributed by atoms with Crippen LogP contribution in [0.15, 0.2) is 101 Å². The Morgan fingerprint density at radius 2 is 0.885 bits per heavy atom. The summed E-state index contributed by atoms with van der Waals surface area (Å²) in [6.07, 6.45) is 0. The predicted molar refractivity (Wildman–Crippen MR) is 266 cm³/mol. The van der Waals surface area contributed by atoms with Gasteiger partial charge in [-0.05, 0) is 39.8 Å². The summed E-state index contributed by atoms with van der Waals surface area (Å²) in [7, 11) is 72.8. The highest BCUT2D eigenvalue weighted by Crippen LogP contribution is 2.40. The van der Waals surface area contributed by atoms with Crippen LogP contribution in [-0.2, 0) is 0 Å². The van der Waals surface area contributed by atoms with Crippen molar-refractivity contribution in [2.45, 2.75) is 0 Å². The van der Waals surface area contributed by atoms with Gasteiger partial charge in [0, 0.05) is 47.6 Å². The van der Waals surface area contributed by atoms with Crippen molar-refractivity contribution in [1.29, 1.82) is 0 Å². The Balaban J connectivity index is 1.26. The summed E-state index contributed by atoms with van der Waals surface area (Å²) in [4.78, 5) is 15.1. The highest BCUT2D eigenvalue weighted by Gasteiger charge is 2.27. The van der Waals surface area contributed by atoms with Gasteiger partial charge in [-0.25, -0.2) is 15.0 Å². The Labute approximate surface area is 370 Å². The lowest BCUT2D eigenvalue weighted by Crippen LogP contribution is -2.56. The summed E-state index contributed by atoms with van der Waals surface area (Å²) < 4.78 is 8.62. The maximum atomic E-state index is 7.09. The lowest BCUT2D eigenvalue weighted by molar-refractivity contribution is 0.674. The molecule has 0 amide bonds. The second kappa shape index (κ2) is 14.7. The lowest BCUT2D eigenvalue weighted by Gasteiger charge is -2.25. The van der Waals surface area contributed by atoms with Gasteiger partial charge in [0.05, 0.1) is 0 Å². The van der Waals surface area contributed by atoms with Crippen molar-refractivity contribution in [2.75, 3.05) is 0 Å². The summed E-state index contributed by atoms with van der Waals surface area (Å²) in [5.41, 5.74) is 4.54. The van der Waals surface area contributed by atoms with E-state index in [2.05, 4.69) is 18.2 Å². The zero-order valence-electron chi connectivity index (χ0n) is 32.2. The average Bonchev–Trinajstić information content (AvgIpc) is 3.88. The molecule has 0 unspecified atom stereocenters. The Bertz CT molecular complexity index is 3470. The van der Waals surface area contributed by atoms with Crippen molar-refractivity contribution in [3.8, 4) is 56.4 Å². The molecule has 10 aromatic rings. The molecule has 0 aliphatic rings. The number of hydrogen-bond donors (Lipinski definition) is 0. The number of aromatic nitrogens is 3. The molecule has 256 valence electrons. The number of nitrogens with zero attached hydrogens (tertiary/aromatic N) is 3. The van der Waals surface area contributed by atoms with Gasteiger partial charge in [-0.3, -0.25) is 0 Å². The fraction of sp³-hybridized carbons (Fsp3) is 0. The number of thiophene rings is 1. The van der Waals surface area contributed by atoms with Crippen molar-refractivity contribution in [3.63, 3.8) is 0 Å². The van der Waals surface area contributed by atoms with Crippen molar-refractivity contribution < 1.29 is 4.42 Å². The minimum atomic E-state index is -0.0138. The smallest absolute Gasteiger partial charge is 0.165 e. The fourth-order valence-corrected chi connectivity index (χ4v) is 9.30. The second-order valence-corrected chi connectivity index (χ2v) is 15.8.